The molecule has 3 unspecified atom stereocenters. The molecule has 19 heavy (non-hydrogen) atoms. The highest BCUT2D eigenvalue weighted by Crippen LogP contribution is 2.61. The first-order valence-corrected chi connectivity index (χ1v) is 8.54. The van der Waals surface area contributed by atoms with E-state index in [9.17, 15) is 0 Å². The number of nitrogens with one attached hydrogen (secondary N) is 1. The summed E-state index contributed by atoms with van der Waals surface area (Å²) >= 11 is 0. The highest BCUT2D eigenvalue weighted by atomic mass is 14.9. The molecule has 1 spiro atoms. The van der Waals surface area contributed by atoms with Gasteiger partial charge in [0.25, 0.3) is 0 Å². The van der Waals surface area contributed by atoms with Crippen LogP contribution in [0.4, 0.5) is 0 Å². The summed E-state index contributed by atoms with van der Waals surface area (Å²) in [5.74, 6) is 2.73. The molecule has 0 aromatic carbocycles. The first-order chi connectivity index (χ1) is 8.83. The van der Waals surface area contributed by atoms with Gasteiger partial charge in [-0.3, -0.25) is 0 Å². The van der Waals surface area contributed by atoms with Crippen molar-refractivity contribution < 1.29 is 0 Å². The van der Waals surface area contributed by atoms with Gasteiger partial charge in [-0.1, -0.05) is 41.0 Å². The molecular weight excluding hydrogens is 230 g/mol. The fourth-order valence-electron chi connectivity index (χ4n) is 4.18. The van der Waals surface area contributed by atoms with E-state index in [0.29, 0.717) is 5.41 Å². The molecular formula is C18H35N. The molecule has 0 heterocycles. The van der Waals surface area contributed by atoms with E-state index >= 15 is 0 Å². The van der Waals surface area contributed by atoms with E-state index in [1.807, 2.05) is 0 Å². The van der Waals surface area contributed by atoms with E-state index in [1.54, 1.807) is 0 Å². The highest BCUT2D eigenvalue weighted by molar-refractivity contribution is 5.04. The summed E-state index contributed by atoms with van der Waals surface area (Å²) < 4.78 is 0. The van der Waals surface area contributed by atoms with Gasteiger partial charge in [-0.25, -0.2) is 0 Å². The standard InChI is InChI=1S/C18H35N/c1-14(2)12-19-13-16-11-18(16)9-6-7-15(8-10-18)17(3,4)5/h14-16,19H,6-13H2,1-5H3. The fourth-order valence-corrected chi connectivity index (χ4v) is 4.18. The Morgan fingerprint density at radius 2 is 1.89 bits per heavy atom. The van der Waals surface area contributed by atoms with Gasteiger partial charge in [0.2, 0.25) is 0 Å². The van der Waals surface area contributed by atoms with Crippen molar-refractivity contribution in [3.8, 4) is 0 Å². The Kier molecular flexibility index (Phi) is 4.65. The molecule has 1 heteroatoms. The second-order valence-corrected chi connectivity index (χ2v) is 8.81. The Bertz CT molecular complexity index is 289. The van der Waals surface area contributed by atoms with Crippen molar-refractivity contribution >= 4 is 0 Å². The molecule has 0 bridgehead atoms. The molecule has 112 valence electrons. The van der Waals surface area contributed by atoms with Crippen molar-refractivity contribution in [2.24, 2.45) is 28.6 Å². The summed E-state index contributed by atoms with van der Waals surface area (Å²) in [5, 5.41) is 3.68. The largest absolute Gasteiger partial charge is 0.316 e. The average Bonchev–Trinajstić information content (AvgIpc) is 3.00. The van der Waals surface area contributed by atoms with Gasteiger partial charge in [-0.2, -0.15) is 0 Å². The van der Waals surface area contributed by atoms with Gasteiger partial charge in [0.1, 0.15) is 0 Å². The Balaban J connectivity index is 1.78. The molecule has 0 saturated heterocycles. The van der Waals surface area contributed by atoms with Crippen molar-refractivity contribution in [1.82, 2.24) is 5.32 Å². The molecule has 3 atom stereocenters. The minimum absolute atomic E-state index is 0.520. The predicted octanol–water partition coefficient (Wildman–Crippen LogP) is 4.86. The lowest BCUT2D eigenvalue weighted by molar-refractivity contribution is 0.211. The van der Waals surface area contributed by atoms with E-state index in [-0.39, 0.29) is 0 Å². The Hall–Kier alpha value is -0.0400. The maximum atomic E-state index is 3.68. The fraction of sp³-hybridized carbons (Fsp3) is 1.00. The van der Waals surface area contributed by atoms with Gasteiger partial charge in [0, 0.05) is 0 Å². The minimum atomic E-state index is 0.520. The van der Waals surface area contributed by atoms with Crippen LogP contribution in [0.15, 0.2) is 0 Å². The van der Waals surface area contributed by atoms with Gasteiger partial charge >= 0.3 is 0 Å². The van der Waals surface area contributed by atoms with E-state index in [0.717, 1.165) is 23.2 Å². The van der Waals surface area contributed by atoms with Crippen LogP contribution in [0.3, 0.4) is 0 Å². The lowest BCUT2D eigenvalue weighted by Crippen LogP contribution is -2.24. The first kappa shape index (κ1) is 15.4. The third kappa shape index (κ3) is 3.97. The molecule has 0 aromatic rings. The maximum absolute atomic E-state index is 3.68. The second kappa shape index (κ2) is 5.76. The monoisotopic (exact) mass is 265 g/mol. The summed E-state index contributed by atoms with van der Waals surface area (Å²) in [4.78, 5) is 0. The SMILES string of the molecule is CC(C)CNCC1CC12CCCC(C(C)(C)C)CC2. The zero-order chi connectivity index (χ0) is 14.1. The summed E-state index contributed by atoms with van der Waals surface area (Å²) in [7, 11) is 0. The van der Waals surface area contributed by atoms with Crippen LogP contribution in [0.2, 0.25) is 0 Å². The first-order valence-electron chi connectivity index (χ1n) is 8.54. The van der Waals surface area contributed by atoms with Gasteiger partial charge < -0.3 is 5.32 Å². The van der Waals surface area contributed by atoms with Crippen LogP contribution in [0, 0.1) is 28.6 Å². The van der Waals surface area contributed by atoms with Crippen LogP contribution in [0.5, 0.6) is 0 Å². The summed E-state index contributed by atoms with van der Waals surface area (Å²) in [6.07, 6.45) is 8.94. The molecule has 0 aliphatic heterocycles. The van der Waals surface area contributed by atoms with Crippen LogP contribution < -0.4 is 5.32 Å². The summed E-state index contributed by atoms with van der Waals surface area (Å²) in [5.41, 5.74) is 1.27. The summed E-state index contributed by atoms with van der Waals surface area (Å²) in [6, 6.07) is 0. The van der Waals surface area contributed by atoms with Crippen LogP contribution in [0.25, 0.3) is 0 Å². The van der Waals surface area contributed by atoms with Gasteiger partial charge in [-0.15, -0.1) is 0 Å². The number of hydrogen-bond acceptors (Lipinski definition) is 1. The molecule has 1 nitrogen and oxygen atoms in total. The molecule has 2 saturated carbocycles. The minimum Gasteiger partial charge on any atom is -0.316 e. The molecule has 2 aliphatic rings. The average molecular weight is 265 g/mol. The maximum Gasteiger partial charge on any atom is -0.00149 e. The van der Waals surface area contributed by atoms with Gasteiger partial charge in [0.15, 0.2) is 0 Å². The quantitative estimate of drug-likeness (QED) is 0.765. The topological polar surface area (TPSA) is 12.0 Å². The van der Waals surface area contributed by atoms with E-state index in [4.69, 9.17) is 0 Å². The zero-order valence-corrected chi connectivity index (χ0v) is 13.9. The number of rotatable bonds is 4. The normalized spacial score (nSPS) is 35.7. The van der Waals surface area contributed by atoms with Crippen LogP contribution in [-0.2, 0) is 0 Å². The number of hydrogen-bond donors (Lipinski definition) is 1. The second-order valence-electron chi connectivity index (χ2n) is 8.81. The van der Waals surface area contributed by atoms with Crippen LogP contribution in [0.1, 0.15) is 73.1 Å². The lowest BCUT2D eigenvalue weighted by atomic mass is 9.76. The van der Waals surface area contributed by atoms with Gasteiger partial charge in [-0.05, 0) is 73.8 Å². The van der Waals surface area contributed by atoms with E-state index in [1.165, 1.54) is 51.6 Å². The molecule has 2 aliphatic carbocycles. The summed E-state index contributed by atoms with van der Waals surface area (Å²) in [6.45, 7) is 14.4. The third-order valence-electron chi connectivity index (χ3n) is 5.74. The van der Waals surface area contributed by atoms with Crippen molar-refractivity contribution in [3.05, 3.63) is 0 Å². The van der Waals surface area contributed by atoms with Crippen molar-refractivity contribution in [3.63, 3.8) is 0 Å². The predicted molar refractivity (Wildman–Crippen MR) is 84.3 cm³/mol. The highest BCUT2D eigenvalue weighted by Gasteiger charge is 2.53. The van der Waals surface area contributed by atoms with E-state index in [2.05, 4.69) is 39.9 Å². The van der Waals surface area contributed by atoms with Crippen LogP contribution >= 0.6 is 0 Å². The molecule has 0 amide bonds. The smallest absolute Gasteiger partial charge is 0.00149 e. The van der Waals surface area contributed by atoms with Crippen molar-refractivity contribution in [2.45, 2.75) is 73.1 Å². The van der Waals surface area contributed by atoms with Gasteiger partial charge in [0.05, 0.1) is 0 Å². The molecule has 0 radical (unpaired) electrons. The Morgan fingerprint density at radius 3 is 2.53 bits per heavy atom. The lowest BCUT2D eigenvalue weighted by Gasteiger charge is -2.29. The molecule has 2 rings (SSSR count). The van der Waals surface area contributed by atoms with E-state index < -0.39 is 0 Å². The van der Waals surface area contributed by atoms with Crippen LogP contribution in [-0.4, -0.2) is 13.1 Å². The van der Waals surface area contributed by atoms with Crippen molar-refractivity contribution in [2.75, 3.05) is 13.1 Å². The molecule has 1 N–H and O–H groups in total. The molecule has 0 aromatic heterocycles. The molecule has 2 fully saturated rings. The third-order valence-corrected chi connectivity index (χ3v) is 5.74. The Morgan fingerprint density at radius 1 is 1.16 bits per heavy atom. The zero-order valence-electron chi connectivity index (χ0n) is 13.9. The Labute approximate surface area is 120 Å². The van der Waals surface area contributed by atoms with Crippen molar-refractivity contribution in [1.29, 1.82) is 0 Å².